The van der Waals surface area contributed by atoms with Crippen LogP contribution in [0.2, 0.25) is 0 Å². The predicted molar refractivity (Wildman–Crippen MR) is 107 cm³/mol. The number of hydrogen-bond donors (Lipinski definition) is 0. The molecule has 0 N–H and O–H groups in total. The normalized spacial score (nSPS) is 18.6. The third-order valence-corrected chi connectivity index (χ3v) is 5.73. The van der Waals surface area contributed by atoms with Crippen molar-refractivity contribution < 1.29 is 13.9 Å². The standard InChI is InChI=1S/C24H20O4/c1-2-14-10-12-15(13-11-14)20-21-17(25)7-5-9-19(21)27-23-16-6-3-4-8-18(16)28-24(26)22(20)23/h3-4,6,8,10-13,20H,2,5,7,9H2,1H3. The first-order valence-corrected chi connectivity index (χ1v) is 9.76. The summed E-state index contributed by atoms with van der Waals surface area (Å²) in [5.74, 6) is 0.844. The van der Waals surface area contributed by atoms with Gasteiger partial charge in [-0.05, 0) is 36.1 Å². The van der Waals surface area contributed by atoms with E-state index in [1.807, 2.05) is 30.3 Å². The minimum atomic E-state index is -0.446. The Labute approximate surface area is 162 Å². The first-order valence-electron chi connectivity index (χ1n) is 9.76. The van der Waals surface area contributed by atoms with Gasteiger partial charge in [-0.15, -0.1) is 0 Å². The molecular formula is C24H20O4. The molecule has 1 aromatic heterocycles. The number of Topliss-reactive ketones (excluding diaryl/α,β-unsaturated/α-hetero) is 1. The van der Waals surface area contributed by atoms with Gasteiger partial charge in [0, 0.05) is 18.4 Å². The fraction of sp³-hybridized carbons (Fsp3) is 0.250. The van der Waals surface area contributed by atoms with Gasteiger partial charge < -0.3 is 9.15 Å². The second-order valence-electron chi connectivity index (χ2n) is 7.37. The maximum atomic E-state index is 13.0. The van der Waals surface area contributed by atoms with Crippen molar-refractivity contribution in [3.05, 3.63) is 87.0 Å². The molecule has 5 rings (SSSR count). The van der Waals surface area contributed by atoms with Gasteiger partial charge in [-0.25, -0.2) is 4.79 Å². The van der Waals surface area contributed by atoms with Gasteiger partial charge in [-0.2, -0.15) is 0 Å². The Morgan fingerprint density at radius 1 is 1.00 bits per heavy atom. The zero-order valence-corrected chi connectivity index (χ0v) is 15.7. The first kappa shape index (κ1) is 17.0. The van der Waals surface area contributed by atoms with Crippen molar-refractivity contribution in [1.29, 1.82) is 0 Å². The summed E-state index contributed by atoms with van der Waals surface area (Å²) < 4.78 is 11.8. The molecule has 0 fully saturated rings. The van der Waals surface area contributed by atoms with E-state index in [9.17, 15) is 9.59 Å². The Hall–Kier alpha value is -3.14. The fourth-order valence-corrected chi connectivity index (χ4v) is 4.30. The molecule has 0 spiro atoms. The predicted octanol–water partition coefficient (Wildman–Crippen LogP) is 4.89. The van der Waals surface area contributed by atoms with Crippen LogP contribution in [0.3, 0.4) is 0 Å². The quantitative estimate of drug-likeness (QED) is 0.601. The minimum absolute atomic E-state index is 0.0593. The smallest absolute Gasteiger partial charge is 0.344 e. The highest BCUT2D eigenvalue weighted by molar-refractivity contribution is 6.00. The monoisotopic (exact) mass is 372 g/mol. The van der Waals surface area contributed by atoms with Crippen LogP contribution in [0.25, 0.3) is 11.0 Å². The third kappa shape index (κ3) is 2.52. The van der Waals surface area contributed by atoms with Crippen molar-refractivity contribution in [2.75, 3.05) is 0 Å². The summed E-state index contributed by atoms with van der Waals surface area (Å²) >= 11 is 0. The lowest BCUT2D eigenvalue weighted by molar-refractivity contribution is -0.116. The number of hydrogen-bond acceptors (Lipinski definition) is 4. The lowest BCUT2D eigenvalue weighted by Crippen LogP contribution is -2.29. The number of carbonyl (C=O) groups excluding carboxylic acids is 1. The van der Waals surface area contributed by atoms with E-state index in [4.69, 9.17) is 9.15 Å². The van der Waals surface area contributed by atoms with Crippen LogP contribution in [0.4, 0.5) is 0 Å². The van der Waals surface area contributed by atoms with Crippen molar-refractivity contribution in [1.82, 2.24) is 0 Å². The maximum Gasteiger partial charge on any atom is 0.344 e. The van der Waals surface area contributed by atoms with Gasteiger partial charge in [-0.1, -0.05) is 43.3 Å². The number of rotatable bonds is 2. The van der Waals surface area contributed by atoms with E-state index in [1.54, 1.807) is 6.07 Å². The number of carbonyl (C=O) groups is 1. The van der Waals surface area contributed by atoms with Crippen LogP contribution in [-0.2, 0) is 11.2 Å². The van der Waals surface area contributed by atoms with E-state index in [0.717, 1.165) is 23.8 Å². The van der Waals surface area contributed by atoms with Crippen molar-refractivity contribution >= 4 is 16.8 Å². The fourth-order valence-electron chi connectivity index (χ4n) is 4.30. The molecule has 1 atom stereocenters. The molecule has 28 heavy (non-hydrogen) atoms. The number of para-hydroxylation sites is 1. The largest absolute Gasteiger partial charge is 0.460 e. The summed E-state index contributed by atoms with van der Waals surface area (Å²) in [7, 11) is 0. The van der Waals surface area contributed by atoms with E-state index in [-0.39, 0.29) is 5.78 Å². The van der Waals surface area contributed by atoms with Gasteiger partial charge in [0.25, 0.3) is 0 Å². The highest BCUT2D eigenvalue weighted by atomic mass is 16.5. The average molecular weight is 372 g/mol. The molecule has 4 heteroatoms. The molecule has 0 amide bonds. The molecule has 2 aliphatic rings. The molecule has 140 valence electrons. The number of fused-ring (bicyclic) bond motifs is 3. The first-order chi connectivity index (χ1) is 13.7. The molecular weight excluding hydrogens is 352 g/mol. The minimum Gasteiger partial charge on any atom is -0.460 e. The van der Waals surface area contributed by atoms with Crippen LogP contribution in [0, 0.1) is 0 Å². The van der Waals surface area contributed by atoms with E-state index in [0.29, 0.717) is 41.1 Å². The van der Waals surface area contributed by atoms with E-state index < -0.39 is 11.5 Å². The Balaban J connectivity index is 1.82. The molecule has 1 aliphatic carbocycles. The van der Waals surface area contributed by atoms with E-state index in [2.05, 4.69) is 19.1 Å². The molecule has 0 saturated heterocycles. The SMILES string of the molecule is CCc1ccc(C2C3=C(CCCC3=O)Oc3c2c(=O)oc2ccccc32)cc1. The molecule has 4 nitrogen and oxygen atoms in total. The number of benzene rings is 2. The Bertz CT molecular complexity index is 1180. The second-order valence-corrected chi connectivity index (χ2v) is 7.37. The highest BCUT2D eigenvalue weighted by Crippen LogP contribution is 2.47. The summed E-state index contributed by atoms with van der Waals surface area (Å²) in [6.45, 7) is 2.10. The third-order valence-electron chi connectivity index (χ3n) is 5.73. The van der Waals surface area contributed by atoms with Gasteiger partial charge in [0.2, 0.25) is 0 Å². The Kier molecular flexibility index (Phi) is 3.93. The van der Waals surface area contributed by atoms with Crippen LogP contribution in [0.5, 0.6) is 5.75 Å². The van der Waals surface area contributed by atoms with Crippen LogP contribution < -0.4 is 10.4 Å². The zero-order chi connectivity index (χ0) is 19.3. The lowest BCUT2D eigenvalue weighted by atomic mass is 9.77. The molecule has 0 radical (unpaired) electrons. The van der Waals surface area contributed by atoms with Gasteiger partial charge in [-0.3, -0.25) is 4.79 Å². The van der Waals surface area contributed by atoms with Gasteiger partial charge >= 0.3 is 5.63 Å². The van der Waals surface area contributed by atoms with Crippen LogP contribution in [0.15, 0.2) is 69.1 Å². The van der Waals surface area contributed by atoms with Crippen LogP contribution >= 0.6 is 0 Å². The average Bonchev–Trinajstić information content (AvgIpc) is 2.73. The topological polar surface area (TPSA) is 56.5 Å². The lowest BCUT2D eigenvalue weighted by Gasteiger charge is -2.32. The second kappa shape index (κ2) is 6.48. The highest BCUT2D eigenvalue weighted by Gasteiger charge is 2.39. The summed E-state index contributed by atoms with van der Waals surface area (Å²) in [6, 6.07) is 15.5. The number of aryl methyl sites for hydroxylation is 1. The molecule has 1 aliphatic heterocycles. The Morgan fingerprint density at radius 3 is 2.57 bits per heavy atom. The number of ether oxygens (including phenoxy) is 1. The summed E-state index contributed by atoms with van der Waals surface area (Å²) in [5.41, 5.74) is 3.24. The molecule has 2 aromatic carbocycles. The summed E-state index contributed by atoms with van der Waals surface area (Å²) in [5, 5.41) is 0.761. The van der Waals surface area contributed by atoms with Crippen LogP contribution in [0.1, 0.15) is 48.8 Å². The van der Waals surface area contributed by atoms with E-state index >= 15 is 0 Å². The molecule has 0 bridgehead atoms. The van der Waals surface area contributed by atoms with Crippen molar-refractivity contribution in [2.24, 2.45) is 0 Å². The maximum absolute atomic E-state index is 13.0. The molecule has 2 heterocycles. The van der Waals surface area contributed by atoms with Crippen LogP contribution in [-0.4, -0.2) is 5.78 Å². The van der Waals surface area contributed by atoms with Crippen molar-refractivity contribution in [3.8, 4) is 5.75 Å². The van der Waals surface area contributed by atoms with Gasteiger partial charge in [0.05, 0.1) is 16.9 Å². The Morgan fingerprint density at radius 2 is 1.79 bits per heavy atom. The van der Waals surface area contributed by atoms with Crippen molar-refractivity contribution in [2.45, 2.75) is 38.5 Å². The summed E-state index contributed by atoms with van der Waals surface area (Å²) in [4.78, 5) is 25.8. The number of ketones is 1. The van der Waals surface area contributed by atoms with Gasteiger partial charge in [0.1, 0.15) is 17.1 Å². The van der Waals surface area contributed by atoms with E-state index in [1.165, 1.54) is 5.56 Å². The van der Waals surface area contributed by atoms with Gasteiger partial charge in [0.15, 0.2) is 5.78 Å². The van der Waals surface area contributed by atoms with Crippen molar-refractivity contribution in [3.63, 3.8) is 0 Å². The number of allylic oxidation sites excluding steroid dienone is 2. The zero-order valence-electron chi connectivity index (χ0n) is 15.7. The molecule has 1 unspecified atom stereocenters. The molecule has 3 aromatic rings. The summed E-state index contributed by atoms with van der Waals surface area (Å²) in [6.07, 6.45) is 2.90. The molecule has 0 saturated carbocycles.